The summed E-state index contributed by atoms with van der Waals surface area (Å²) in [7, 11) is 0. The smallest absolute Gasteiger partial charge is 0.339 e. The molecule has 0 aromatic heterocycles. The molecular formula is C13H11IO2. The van der Waals surface area contributed by atoms with Crippen LogP contribution in [0.2, 0.25) is 0 Å². The first-order chi connectivity index (χ1) is 7.72. The van der Waals surface area contributed by atoms with Crippen LogP contribution in [-0.2, 0) is 4.74 Å². The van der Waals surface area contributed by atoms with Crippen molar-refractivity contribution < 1.29 is 9.53 Å². The second kappa shape index (κ2) is 4.82. The predicted molar refractivity (Wildman–Crippen MR) is 72.6 cm³/mol. The number of ether oxygens (including phenoxy) is 1. The molecule has 0 spiro atoms. The third kappa shape index (κ3) is 2.19. The van der Waals surface area contributed by atoms with Crippen LogP contribution in [0.1, 0.15) is 17.3 Å². The Morgan fingerprint density at radius 2 is 1.88 bits per heavy atom. The fraction of sp³-hybridized carbons (Fsp3) is 0.154. The third-order valence-electron chi connectivity index (χ3n) is 2.33. The minimum Gasteiger partial charge on any atom is -0.462 e. The van der Waals surface area contributed by atoms with E-state index in [9.17, 15) is 4.79 Å². The summed E-state index contributed by atoms with van der Waals surface area (Å²) in [5.41, 5.74) is 0.640. The summed E-state index contributed by atoms with van der Waals surface area (Å²) in [6, 6.07) is 11.9. The van der Waals surface area contributed by atoms with Gasteiger partial charge in [-0.25, -0.2) is 4.79 Å². The molecule has 0 amide bonds. The number of benzene rings is 2. The largest absolute Gasteiger partial charge is 0.462 e. The number of rotatable bonds is 2. The molecule has 2 aromatic rings. The van der Waals surface area contributed by atoms with Crippen molar-refractivity contribution in [1.82, 2.24) is 0 Å². The molecule has 0 radical (unpaired) electrons. The minimum absolute atomic E-state index is 0.252. The Morgan fingerprint density at radius 3 is 2.50 bits per heavy atom. The first kappa shape index (κ1) is 11.4. The van der Waals surface area contributed by atoms with Crippen LogP contribution in [0.5, 0.6) is 0 Å². The Morgan fingerprint density at radius 1 is 1.25 bits per heavy atom. The number of carbonyl (C=O) groups is 1. The van der Waals surface area contributed by atoms with E-state index in [2.05, 4.69) is 22.6 Å². The van der Waals surface area contributed by atoms with Crippen molar-refractivity contribution in [3.63, 3.8) is 0 Å². The van der Waals surface area contributed by atoms with Gasteiger partial charge in [0.2, 0.25) is 0 Å². The average molecular weight is 326 g/mol. The fourth-order valence-electron chi connectivity index (χ4n) is 1.58. The SMILES string of the molecule is CCOC(=O)c1cc2ccccc2cc1I. The van der Waals surface area contributed by atoms with Gasteiger partial charge >= 0.3 is 5.97 Å². The number of fused-ring (bicyclic) bond motifs is 1. The molecule has 0 unspecified atom stereocenters. The third-order valence-corrected chi connectivity index (χ3v) is 3.22. The van der Waals surface area contributed by atoms with Gasteiger partial charge in [0, 0.05) is 3.57 Å². The highest BCUT2D eigenvalue weighted by atomic mass is 127. The summed E-state index contributed by atoms with van der Waals surface area (Å²) in [4.78, 5) is 11.7. The standard InChI is InChI=1S/C13H11IO2/c1-2-16-13(15)11-7-9-5-3-4-6-10(9)8-12(11)14/h3-8H,2H2,1H3. The van der Waals surface area contributed by atoms with Crippen LogP contribution in [-0.4, -0.2) is 12.6 Å². The zero-order valence-corrected chi connectivity index (χ0v) is 11.0. The normalized spacial score (nSPS) is 10.4. The number of hydrogen-bond donors (Lipinski definition) is 0. The quantitative estimate of drug-likeness (QED) is 0.622. The molecule has 0 atom stereocenters. The monoisotopic (exact) mass is 326 g/mol. The van der Waals surface area contributed by atoms with E-state index in [1.54, 1.807) is 0 Å². The Bertz CT molecular complexity index is 534. The lowest BCUT2D eigenvalue weighted by atomic mass is 10.1. The maximum Gasteiger partial charge on any atom is 0.339 e. The number of hydrogen-bond acceptors (Lipinski definition) is 2. The molecule has 0 aliphatic heterocycles. The lowest BCUT2D eigenvalue weighted by Gasteiger charge is -2.06. The molecule has 0 saturated heterocycles. The molecule has 0 bridgehead atoms. The highest BCUT2D eigenvalue weighted by Gasteiger charge is 2.11. The second-order valence-corrected chi connectivity index (χ2v) is 4.56. The van der Waals surface area contributed by atoms with Gasteiger partial charge in [0.15, 0.2) is 0 Å². The van der Waals surface area contributed by atoms with Crippen molar-refractivity contribution in [2.45, 2.75) is 6.92 Å². The van der Waals surface area contributed by atoms with Crippen molar-refractivity contribution in [1.29, 1.82) is 0 Å². The van der Waals surface area contributed by atoms with E-state index in [-0.39, 0.29) is 5.97 Å². The highest BCUT2D eigenvalue weighted by molar-refractivity contribution is 14.1. The van der Waals surface area contributed by atoms with Gasteiger partial charge in [0.25, 0.3) is 0 Å². The molecule has 2 nitrogen and oxygen atoms in total. The van der Waals surface area contributed by atoms with E-state index < -0.39 is 0 Å². The maximum absolute atomic E-state index is 11.7. The van der Waals surface area contributed by atoms with E-state index in [1.807, 2.05) is 43.3 Å². The molecule has 82 valence electrons. The van der Waals surface area contributed by atoms with Crippen LogP contribution in [0.15, 0.2) is 36.4 Å². The molecule has 2 rings (SSSR count). The summed E-state index contributed by atoms with van der Waals surface area (Å²) in [6.45, 7) is 2.22. The Labute approximate surface area is 108 Å². The summed E-state index contributed by atoms with van der Waals surface area (Å²) in [5, 5.41) is 2.20. The fourth-order valence-corrected chi connectivity index (χ4v) is 2.29. The Hall–Kier alpha value is -1.10. The van der Waals surface area contributed by atoms with Gasteiger partial charge in [0.1, 0.15) is 0 Å². The topological polar surface area (TPSA) is 26.3 Å². The van der Waals surface area contributed by atoms with Crippen molar-refractivity contribution in [3.05, 3.63) is 45.5 Å². The van der Waals surface area contributed by atoms with E-state index in [0.29, 0.717) is 12.2 Å². The van der Waals surface area contributed by atoms with Gasteiger partial charge in [-0.15, -0.1) is 0 Å². The molecule has 0 saturated carbocycles. The predicted octanol–water partition coefficient (Wildman–Crippen LogP) is 3.62. The van der Waals surface area contributed by atoms with Gasteiger partial charge in [-0.3, -0.25) is 0 Å². The van der Waals surface area contributed by atoms with E-state index in [4.69, 9.17) is 4.74 Å². The van der Waals surface area contributed by atoms with Crippen LogP contribution in [0.25, 0.3) is 10.8 Å². The molecule has 2 aromatic carbocycles. The molecule has 0 aliphatic rings. The molecule has 3 heteroatoms. The summed E-state index contributed by atoms with van der Waals surface area (Å²) in [6.07, 6.45) is 0. The molecule has 0 fully saturated rings. The van der Waals surface area contributed by atoms with Crippen LogP contribution < -0.4 is 0 Å². The van der Waals surface area contributed by atoms with Crippen LogP contribution in [0, 0.1) is 3.57 Å². The Balaban J connectivity index is 2.54. The van der Waals surface area contributed by atoms with Gasteiger partial charge in [-0.1, -0.05) is 24.3 Å². The first-order valence-electron chi connectivity index (χ1n) is 5.08. The molecule has 16 heavy (non-hydrogen) atoms. The van der Waals surface area contributed by atoms with Gasteiger partial charge < -0.3 is 4.74 Å². The van der Waals surface area contributed by atoms with Crippen LogP contribution >= 0.6 is 22.6 Å². The van der Waals surface area contributed by atoms with Crippen molar-refractivity contribution in [2.24, 2.45) is 0 Å². The first-order valence-corrected chi connectivity index (χ1v) is 6.15. The molecular weight excluding hydrogens is 315 g/mol. The van der Waals surface area contributed by atoms with Crippen molar-refractivity contribution in [2.75, 3.05) is 6.61 Å². The highest BCUT2D eigenvalue weighted by Crippen LogP contribution is 2.22. The van der Waals surface area contributed by atoms with Gasteiger partial charge in [-0.05, 0) is 52.4 Å². The van der Waals surface area contributed by atoms with E-state index in [1.165, 1.54) is 0 Å². The summed E-state index contributed by atoms with van der Waals surface area (Å²) < 4.78 is 5.94. The van der Waals surface area contributed by atoms with E-state index in [0.717, 1.165) is 14.3 Å². The summed E-state index contributed by atoms with van der Waals surface area (Å²) in [5.74, 6) is -0.252. The second-order valence-electron chi connectivity index (χ2n) is 3.40. The van der Waals surface area contributed by atoms with Crippen LogP contribution in [0.3, 0.4) is 0 Å². The minimum atomic E-state index is -0.252. The number of esters is 1. The zero-order valence-electron chi connectivity index (χ0n) is 8.87. The molecule has 0 N–H and O–H groups in total. The van der Waals surface area contributed by atoms with Gasteiger partial charge in [-0.2, -0.15) is 0 Å². The zero-order chi connectivity index (χ0) is 11.5. The summed E-state index contributed by atoms with van der Waals surface area (Å²) >= 11 is 2.16. The van der Waals surface area contributed by atoms with Crippen LogP contribution in [0.4, 0.5) is 0 Å². The van der Waals surface area contributed by atoms with Crippen molar-refractivity contribution >= 4 is 39.3 Å². The molecule has 0 heterocycles. The van der Waals surface area contributed by atoms with E-state index >= 15 is 0 Å². The number of carbonyl (C=O) groups excluding carboxylic acids is 1. The number of halogens is 1. The molecule has 0 aliphatic carbocycles. The Kier molecular flexibility index (Phi) is 3.43. The maximum atomic E-state index is 11.7. The van der Waals surface area contributed by atoms with Crippen molar-refractivity contribution in [3.8, 4) is 0 Å². The lowest BCUT2D eigenvalue weighted by molar-refractivity contribution is 0.0525. The average Bonchev–Trinajstić information content (AvgIpc) is 2.28. The van der Waals surface area contributed by atoms with Gasteiger partial charge in [0.05, 0.1) is 12.2 Å². The lowest BCUT2D eigenvalue weighted by Crippen LogP contribution is -2.06.